The Kier molecular flexibility index (Phi) is 6.37. The Labute approximate surface area is 110 Å². The van der Waals surface area contributed by atoms with Gasteiger partial charge in [0, 0.05) is 45.6 Å². The van der Waals surface area contributed by atoms with Crippen molar-refractivity contribution in [1.29, 1.82) is 0 Å². The highest BCUT2D eigenvalue weighted by Gasteiger charge is 2.18. The van der Waals surface area contributed by atoms with Gasteiger partial charge in [-0.2, -0.15) is 0 Å². The van der Waals surface area contributed by atoms with Crippen molar-refractivity contribution in [2.24, 2.45) is 0 Å². The van der Waals surface area contributed by atoms with Crippen LogP contribution in [0.1, 0.15) is 6.42 Å². The van der Waals surface area contributed by atoms with Gasteiger partial charge in [-0.1, -0.05) is 0 Å². The van der Waals surface area contributed by atoms with Gasteiger partial charge in [-0.15, -0.1) is 0 Å². The average molecular weight is 270 g/mol. The molecular formula is C11H18N4O4. The Hall–Kier alpha value is -2.09. The van der Waals surface area contributed by atoms with Crippen molar-refractivity contribution in [3.05, 3.63) is 18.7 Å². The lowest BCUT2D eigenvalue weighted by Gasteiger charge is -2.14. The number of urea groups is 1. The minimum absolute atomic E-state index is 0.223. The van der Waals surface area contributed by atoms with E-state index in [4.69, 9.17) is 9.84 Å². The topological polar surface area (TPSA) is 105 Å². The number of amides is 2. The van der Waals surface area contributed by atoms with Crippen LogP contribution in [-0.4, -0.2) is 53.0 Å². The van der Waals surface area contributed by atoms with Crippen molar-refractivity contribution in [3.8, 4) is 0 Å². The molecule has 19 heavy (non-hydrogen) atoms. The third-order valence-corrected chi connectivity index (χ3v) is 2.43. The van der Waals surface area contributed by atoms with E-state index in [9.17, 15) is 9.59 Å². The predicted octanol–water partition coefficient (Wildman–Crippen LogP) is -0.328. The molecule has 0 radical (unpaired) electrons. The Morgan fingerprint density at radius 2 is 2.32 bits per heavy atom. The second-order valence-electron chi connectivity index (χ2n) is 3.87. The fourth-order valence-corrected chi connectivity index (χ4v) is 1.42. The first-order chi connectivity index (χ1) is 9.13. The predicted molar refractivity (Wildman–Crippen MR) is 66.7 cm³/mol. The van der Waals surface area contributed by atoms with Crippen molar-refractivity contribution < 1.29 is 19.4 Å². The molecule has 2 amide bonds. The molecule has 106 valence electrons. The number of carbonyl (C=O) groups excluding carboxylic acids is 1. The number of carboxylic acids is 1. The van der Waals surface area contributed by atoms with Crippen LogP contribution in [0.4, 0.5) is 4.79 Å². The van der Waals surface area contributed by atoms with Crippen LogP contribution in [0.5, 0.6) is 0 Å². The number of aliphatic carboxylic acids is 1. The van der Waals surface area contributed by atoms with Gasteiger partial charge in [0.25, 0.3) is 0 Å². The SMILES string of the molecule is COCCC(NC(=O)NCCn1ccnc1)C(=O)O. The molecule has 3 N–H and O–H groups in total. The summed E-state index contributed by atoms with van der Waals surface area (Å²) in [6.07, 6.45) is 5.28. The lowest BCUT2D eigenvalue weighted by Crippen LogP contribution is -2.47. The molecule has 0 aliphatic carbocycles. The molecule has 8 nitrogen and oxygen atoms in total. The van der Waals surface area contributed by atoms with Gasteiger partial charge in [-0.3, -0.25) is 0 Å². The van der Waals surface area contributed by atoms with Crippen LogP contribution in [0.25, 0.3) is 0 Å². The zero-order valence-electron chi connectivity index (χ0n) is 10.7. The molecule has 0 aromatic carbocycles. The number of nitrogens with zero attached hydrogens (tertiary/aromatic N) is 2. The third kappa shape index (κ3) is 5.87. The summed E-state index contributed by atoms with van der Waals surface area (Å²) < 4.78 is 6.59. The number of carboxylic acid groups (broad SMARTS) is 1. The molecule has 1 unspecified atom stereocenters. The fourth-order valence-electron chi connectivity index (χ4n) is 1.42. The zero-order chi connectivity index (χ0) is 14.1. The number of ether oxygens (including phenoxy) is 1. The summed E-state index contributed by atoms with van der Waals surface area (Å²) >= 11 is 0. The lowest BCUT2D eigenvalue weighted by atomic mass is 10.2. The molecule has 0 saturated carbocycles. The van der Waals surface area contributed by atoms with Gasteiger partial charge in [0.05, 0.1) is 6.33 Å². The summed E-state index contributed by atoms with van der Waals surface area (Å²) in [5.41, 5.74) is 0. The normalized spacial score (nSPS) is 11.8. The van der Waals surface area contributed by atoms with Crippen molar-refractivity contribution >= 4 is 12.0 Å². The first-order valence-electron chi connectivity index (χ1n) is 5.85. The van der Waals surface area contributed by atoms with E-state index >= 15 is 0 Å². The number of hydrogen-bond acceptors (Lipinski definition) is 4. The molecule has 0 aliphatic rings. The van der Waals surface area contributed by atoms with Crippen LogP contribution >= 0.6 is 0 Å². The third-order valence-electron chi connectivity index (χ3n) is 2.43. The van der Waals surface area contributed by atoms with E-state index in [1.54, 1.807) is 23.3 Å². The largest absolute Gasteiger partial charge is 0.480 e. The number of aromatic nitrogens is 2. The molecule has 1 aromatic rings. The van der Waals surface area contributed by atoms with Gasteiger partial charge in [-0.25, -0.2) is 14.6 Å². The van der Waals surface area contributed by atoms with Crippen LogP contribution in [0, 0.1) is 0 Å². The average Bonchev–Trinajstić information content (AvgIpc) is 2.87. The molecule has 1 heterocycles. The van der Waals surface area contributed by atoms with Crippen molar-refractivity contribution in [1.82, 2.24) is 20.2 Å². The van der Waals surface area contributed by atoms with Crippen LogP contribution in [0.2, 0.25) is 0 Å². The standard InChI is InChI=1S/C11H18N4O4/c1-19-7-2-9(10(16)17)14-11(18)13-4-6-15-5-3-12-8-15/h3,5,8-9H,2,4,6-7H2,1H3,(H,16,17)(H2,13,14,18). The second kappa shape index (κ2) is 8.09. The first-order valence-corrected chi connectivity index (χ1v) is 5.85. The Morgan fingerprint density at radius 1 is 1.53 bits per heavy atom. The maximum atomic E-state index is 11.5. The Bertz CT molecular complexity index is 393. The maximum absolute atomic E-state index is 11.5. The Morgan fingerprint density at radius 3 is 2.89 bits per heavy atom. The highest BCUT2D eigenvalue weighted by atomic mass is 16.5. The van der Waals surface area contributed by atoms with E-state index in [2.05, 4.69) is 15.6 Å². The summed E-state index contributed by atoms with van der Waals surface area (Å²) in [5, 5.41) is 13.9. The molecule has 0 spiro atoms. The van der Waals surface area contributed by atoms with E-state index in [-0.39, 0.29) is 13.0 Å². The van der Waals surface area contributed by atoms with E-state index < -0.39 is 18.0 Å². The van der Waals surface area contributed by atoms with Gasteiger partial charge in [-0.05, 0) is 0 Å². The van der Waals surface area contributed by atoms with Gasteiger partial charge in [0.15, 0.2) is 0 Å². The van der Waals surface area contributed by atoms with Crippen LogP contribution < -0.4 is 10.6 Å². The van der Waals surface area contributed by atoms with Crippen molar-refractivity contribution in [2.45, 2.75) is 19.0 Å². The quantitative estimate of drug-likeness (QED) is 0.600. The maximum Gasteiger partial charge on any atom is 0.326 e. The van der Waals surface area contributed by atoms with Gasteiger partial charge in [0.1, 0.15) is 6.04 Å². The number of nitrogens with one attached hydrogen (secondary N) is 2. The highest BCUT2D eigenvalue weighted by molar-refractivity contribution is 5.82. The molecule has 1 atom stereocenters. The smallest absolute Gasteiger partial charge is 0.326 e. The number of methoxy groups -OCH3 is 1. The van der Waals surface area contributed by atoms with E-state index in [1.807, 2.05) is 0 Å². The summed E-state index contributed by atoms with van der Waals surface area (Å²) in [4.78, 5) is 26.3. The summed E-state index contributed by atoms with van der Waals surface area (Å²) in [5.74, 6) is -1.08. The molecule has 1 rings (SSSR count). The summed E-state index contributed by atoms with van der Waals surface area (Å²) in [6.45, 7) is 1.23. The number of imidazole rings is 1. The monoisotopic (exact) mass is 270 g/mol. The van der Waals surface area contributed by atoms with Crippen molar-refractivity contribution in [2.75, 3.05) is 20.3 Å². The minimum atomic E-state index is -1.08. The second-order valence-corrected chi connectivity index (χ2v) is 3.87. The van der Waals surface area contributed by atoms with Gasteiger partial charge < -0.3 is 25.0 Å². The molecule has 0 fully saturated rings. The molecule has 0 saturated heterocycles. The first kappa shape index (κ1) is 15.0. The van der Waals surface area contributed by atoms with Crippen LogP contribution in [-0.2, 0) is 16.1 Å². The fraction of sp³-hybridized carbons (Fsp3) is 0.545. The molecule has 1 aromatic heterocycles. The summed E-state index contributed by atoms with van der Waals surface area (Å²) in [7, 11) is 1.48. The Balaban J connectivity index is 2.25. The molecular weight excluding hydrogens is 252 g/mol. The molecule has 0 aliphatic heterocycles. The number of hydrogen-bond donors (Lipinski definition) is 3. The van der Waals surface area contributed by atoms with Crippen LogP contribution in [0.15, 0.2) is 18.7 Å². The van der Waals surface area contributed by atoms with Gasteiger partial charge in [0.2, 0.25) is 0 Å². The van der Waals surface area contributed by atoms with E-state index in [1.165, 1.54) is 7.11 Å². The number of rotatable bonds is 8. The van der Waals surface area contributed by atoms with Crippen LogP contribution in [0.3, 0.4) is 0 Å². The molecule has 0 bridgehead atoms. The van der Waals surface area contributed by atoms with E-state index in [0.29, 0.717) is 13.1 Å². The highest BCUT2D eigenvalue weighted by Crippen LogP contribution is 1.93. The zero-order valence-corrected chi connectivity index (χ0v) is 10.7. The lowest BCUT2D eigenvalue weighted by molar-refractivity contribution is -0.139. The minimum Gasteiger partial charge on any atom is -0.480 e. The van der Waals surface area contributed by atoms with E-state index in [0.717, 1.165) is 0 Å². The van der Waals surface area contributed by atoms with Crippen molar-refractivity contribution in [3.63, 3.8) is 0 Å². The number of carbonyl (C=O) groups is 2. The summed E-state index contributed by atoms with van der Waals surface area (Å²) in [6, 6.07) is -1.46. The molecule has 8 heteroatoms. The van der Waals surface area contributed by atoms with Gasteiger partial charge >= 0.3 is 12.0 Å².